The zero-order valence-corrected chi connectivity index (χ0v) is 12.2. The van der Waals surface area contributed by atoms with Crippen molar-refractivity contribution in [2.75, 3.05) is 19.6 Å². The molecule has 0 bridgehead atoms. The molecule has 0 unspecified atom stereocenters. The molecule has 1 aromatic heterocycles. The molecule has 1 amide bonds. The SMILES string of the molecule is CCNCCNC(=O)c1ccc(=O)n(-c2ccc(F)cc2)n1. The normalized spacial score (nSPS) is 10.5. The molecular formula is C15H17FN4O2. The van der Waals surface area contributed by atoms with Crippen molar-refractivity contribution in [1.29, 1.82) is 0 Å². The van der Waals surface area contributed by atoms with Crippen molar-refractivity contribution in [3.63, 3.8) is 0 Å². The third kappa shape index (κ3) is 3.98. The van der Waals surface area contributed by atoms with Crippen molar-refractivity contribution >= 4 is 5.91 Å². The summed E-state index contributed by atoms with van der Waals surface area (Å²) in [5.74, 6) is -0.775. The Morgan fingerprint density at radius 2 is 1.91 bits per heavy atom. The maximum atomic E-state index is 12.9. The summed E-state index contributed by atoms with van der Waals surface area (Å²) in [5, 5.41) is 9.80. The quantitative estimate of drug-likeness (QED) is 0.771. The van der Waals surface area contributed by atoms with Crippen LogP contribution < -0.4 is 16.2 Å². The van der Waals surface area contributed by atoms with E-state index in [9.17, 15) is 14.0 Å². The second-order valence-corrected chi connectivity index (χ2v) is 4.55. The van der Waals surface area contributed by atoms with Crippen molar-refractivity contribution in [3.05, 3.63) is 58.3 Å². The number of carbonyl (C=O) groups is 1. The number of nitrogens with zero attached hydrogens (tertiary/aromatic N) is 2. The maximum absolute atomic E-state index is 12.9. The minimum absolute atomic E-state index is 0.125. The molecule has 6 nitrogen and oxygen atoms in total. The van der Waals surface area contributed by atoms with E-state index >= 15 is 0 Å². The third-order valence-electron chi connectivity index (χ3n) is 2.94. The second-order valence-electron chi connectivity index (χ2n) is 4.55. The fourth-order valence-corrected chi connectivity index (χ4v) is 1.83. The van der Waals surface area contributed by atoms with Gasteiger partial charge in [-0.2, -0.15) is 9.78 Å². The number of carbonyl (C=O) groups excluding carboxylic acids is 1. The second kappa shape index (κ2) is 7.46. The topological polar surface area (TPSA) is 76.0 Å². The molecule has 1 heterocycles. The number of benzene rings is 1. The molecule has 1 aromatic carbocycles. The maximum Gasteiger partial charge on any atom is 0.271 e. The first-order valence-corrected chi connectivity index (χ1v) is 6.97. The van der Waals surface area contributed by atoms with E-state index in [-0.39, 0.29) is 11.6 Å². The first-order valence-electron chi connectivity index (χ1n) is 6.97. The summed E-state index contributed by atoms with van der Waals surface area (Å²) in [4.78, 5) is 23.8. The van der Waals surface area contributed by atoms with Gasteiger partial charge in [-0.25, -0.2) is 4.39 Å². The highest BCUT2D eigenvalue weighted by Gasteiger charge is 2.10. The third-order valence-corrected chi connectivity index (χ3v) is 2.94. The molecule has 0 fully saturated rings. The van der Waals surface area contributed by atoms with Crippen LogP contribution in [0.25, 0.3) is 5.69 Å². The summed E-state index contributed by atoms with van der Waals surface area (Å²) in [6.45, 7) is 3.91. The molecular weight excluding hydrogens is 287 g/mol. The molecule has 2 rings (SSSR count). The summed E-state index contributed by atoms with van der Waals surface area (Å²) < 4.78 is 14.0. The van der Waals surface area contributed by atoms with Crippen LogP contribution in [0.15, 0.2) is 41.2 Å². The number of hydrogen-bond acceptors (Lipinski definition) is 4. The molecule has 7 heteroatoms. The van der Waals surface area contributed by atoms with Crippen LogP contribution in [0.2, 0.25) is 0 Å². The number of rotatable bonds is 6. The van der Waals surface area contributed by atoms with E-state index in [1.807, 2.05) is 6.92 Å². The molecule has 0 radical (unpaired) electrons. The molecule has 0 aliphatic rings. The zero-order valence-electron chi connectivity index (χ0n) is 12.2. The number of amides is 1. The van der Waals surface area contributed by atoms with Gasteiger partial charge in [0.2, 0.25) is 0 Å². The molecule has 2 N–H and O–H groups in total. The Labute approximate surface area is 127 Å². The summed E-state index contributed by atoms with van der Waals surface area (Å²) in [7, 11) is 0. The molecule has 2 aromatic rings. The van der Waals surface area contributed by atoms with Gasteiger partial charge >= 0.3 is 0 Å². The molecule has 0 saturated heterocycles. The summed E-state index contributed by atoms with van der Waals surface area (Å²) >= 11 is 0. The standard InChI is InChI=1S/C15H17FN4O2/c1-2-17-9-10-18-15(22)13-7-8-14(21)20(19-13)12-5-3-11(16)4-6-12/h3-8,17H,2,9-10H2,1H3,(H,18,22). The monoisotopic (exact) mass is 304 g/mol. The minimum atomic E-state index is -0.408. The lowest BCUT2D eigenvalue weighted by Gasteiger charge is -2.08. The van der Waals surface area contributed by atoms with Gasteiger partial charge in [0.05, 0.1) is 5.69 Å². The van der Waals surface area contributed by atoms with Gasteiger partial charge in [0.15, 0.2) is 0 Å². The van der Waals surface area contributed by atoms with Crippen molar-refractivity contribution in [1.82, 2.24) is 20.4 Å². The van der Waals surface area contributed by atoms with E-state index in [0.717, 1.165) is 11.2 Å². The Hall–Kier alpha value is -2.54. The lowest BCUT2D eigenvalue weighted by atomic mass is 10.3. The van der Waals surface area contributed by atoms with Gasteiger partial charge in [0, 0.05) is 19.2 Å². The molecule has 0 atom stereocenters. The first-order chi connectivity index (χ1) is 10.6. The number of halogens is 1. The molecule has 0 saturated carbocycles. The Morgan fingerprint density at radius 3 is 2.59 bits per heavy atom. The summed E-state index contributed by atoms with van der Waals surface area (Å²) in [6, 6.07) is 7.94. The molecule has 0 spiro atoms. The lowest BCUT2D eigenvalue weighted by molar-refractivity contribution is 0.0947. The molecule has 116 valence electrons. The van der Waals surface area contributed by atoms with Crippen molar-refractivity contribution in [2.45, 2.75) is 6.92 Å². The summed E-state index contributed by atoms with van der Waals surface area (Å²) in [5.41, 5.74) is 0.130. The highest BCUT2D eigenvalue weighted by Crippen LogP contribution is 2.05. The molecule has 0 aliphatic heterocycles. The smallest absolute Gasteiger partial charge is 0.271 e. The minimum Gasteiger partial charge on any atom is -0.349 e. The Morgan fingerprint density at radius 1 is 1.18 bits per heavy atom. The predicted octanol–water partition coefficient (Wildman–Crippen LogP) is 0.711. The fourth-order valence-electron chi connectivity index (χ4n) is 1.83. The van der Waals surface area contributed by atoms with E-state index in [1.54, 1.807) is 0 Å². The Bertz CT molecular complexity index is 697. The van der Waals surface area contributed by atoms with E-state index in [1.165, 1.54) is 36.4 Å². The zero-order chi connectivity index (χ0) is 15.9. The predicted molar refractivity (Wildman–Crippen MR) is 80.7 cm³/mol. The number of hydrogen-bond donors (Lipinski definition) is 2. The van der Waals surface area contributed by atoms with E-state index < -0.39 is 11.4 Å². The van der Waals surface area contributed by atoms with E-state index in [4.69, 9.17) is 0 Å². The van der Waals surface area contributed by atoms with Crippen molar-refractivity contribution in [2.24, 2.45) is 0 Å². The average molecular weight is 304 g/mol. The van der Waals surface area contributed by atoms with Crippen LogP contribution in [0.4, 0.5) is 4.39 Å². The van der Waals surface area contributed by atoms with Crippen LogP contribution in [0.1, 0.15) is 17.4 Å². The number of aromatic nitrogens is 2. The van der Waals surface area contributed by atoms with Gasteiger partial charge in [-0.05, 0) is 36.9 Å². The van der Waals surface area contributed by atoms with Gasteiger partial charge < -0.3 is 10.6 Å². The Balaban J connectivity index is 2.18. The van der Waals surface area contributed by atoms with Crippen LogP contribution in [-0.4, -0.2) is 35.3 Å². The van der Waals surface area contributed by atoms with Gasteiger partial charge in [-0.3, -0.25) is 9.59 Å². The molecule has 0 aliphatic carbocycles. The molecule has 22 heavy (non-hydrogen) atoms. The van der Waals surface area contributed by atoms with E-state index in [2.05, 4.69) is 15.7 Å². The highest BCUT2D eigenvalue weighted by molar-refractivity contribution is 5.92. The van der Waals surface area contributed by atoms with E-state index in [0.29, 0.717) is 18.8 Å². The van der Waals surface area contributed by atoms with Crippen LogP contribution in [0.5, 0.6) is 0 Å². The van der Waals surface area contributed by atoms with Gasteiger partial charge in [-0.15, -0.1) is 0 Å². The largest absolute Gasteiger partial charge is 0.349 e. The van der Waals surface area contributed by atoms with Gasteiger partial charge in [0.25, 0.3) is 11.5 Å². The van der Waals surface area contributed by atoms with Crippen LogP contribution in [-0.2, 0) is 0 Å². The van der Waals surface area contributed by atoms with Gasteiger partial charge in [0.1, 0.15) is 11.5 Å². The van der Waals surface area contributed by atoms with Gasteiger partial charge in [-0.1, -0.05) is 6.92 Å². The first kappa shape index (κ1) is 15.8. The summed E-state index contributed by atoms with van der Waals surface area (Å²) in [6.07, 6.45) is 0. The highest BCUT2D eigenvalue weighted by atomic mass is 19.1. The number of likely N-dealkylation sites (N-methyl/N-ethyl adjacent to an activating group) is 1. The Kier molecular flexibility index (Phi) is 5.37. The van der Waals surface area contributed by atoms with Crippen molar-refractivity contribution in [3.8, 4) is 5.69 Å². The average Bonchev–Trinajstić information content (AvgIpc) is 2.53. The lowest BCUT2D eigenvalue weighted by Crippen LogP contribution is -2.33. The van der Waals surface area contributed by atoms with Crippen LogP contribution >= 0.6 is 0 Å². The van der Waals surface area contributed by atoms with Crippen molar-refractivity contribution < 1.29 is 9.18 Å². The fraction of sp³-hybridized carbons (Fsp3) is 0.267. The van der Waals surface area contributed by atoms with Crippen LogP contribution in [0, 0.1) is 5.82 Å². The van der Waals surface area contributed by atoms with Crippen LogP contribution in [0.3, 0.4) is 0 Å². The number of nitrogens with one attached hydrogen (secondary N) is 2.